The number of benzene rings is 1. The van der Waals surface area contributed by atoms with Gasteiger partial charge in [0.05, 0.1) is 21.5 Å². The number of hydrogen-bond acceptors (Lipinski definition) is 6. The summed E-state index contributed by atoms with van der Waals surface area (Å²) in [5.41, 5.74) is -0.712. The van der Waals surface area contributed by atoms with Gasteiger partial charge in [-0.3, -0.25) is 20.2 Å². The van der Waals surface area contributed by atoms with Crippen LogP contribution in [0, 0.1) is 20.2 Å². The van der Waals surface area contributed by atoms with Gasteiger partial charge >= 0.3 is 6.09 Å². The van der Waals surface area contributed by atoms with Crippen LogP contribution in [0.5, 0.6) is 0 Å². The summed E-state index contributed by atoms with van der Waals surface area (Å²) in [6, 6.07) is 3.30. The molecule has 124 valence electrons. The van der Waals surface area contributed by atoms with Gasteiger partial charge in [-0.05, 0) is 18.9 Å². The smallest absolute Gasteiger partial charge is 0.407 e. The van der Waals surface area contributed by atoms with Crippen molar-refractivity contribution in [1.29, 1.82) is 0 Å². The van der Waals surface area contributed by atoms with Crippen LogP contribution in [-0.2, 0) is 11.3 Å². The van der Waals surface area contributed by atoms with Crippen LogP contribution in [0.2, 0.25) is 0 Å². The molecule has 0 bridgehead atoms. The van der Waals surface area contributed by atoms with E-state index in [0.717, 1.165) is 44.2 Å². The molecule has 1 aromatic carbocycles. The minimum atomic E-state index is -0.731. The lowest BCUT2D eigenvalue weighted by atomic mass is 9.96. The minimum absolute atomic E-state index is 0.0723. The molecule has 0 spiro atoms. The molecule has 9 nitrogen and oxygen atoms in total. The lowest BCUT2D eigenvalue weighted by Gasteiger charge is -2.22. The van der Waals surface area contributed by atoms with Gasteiger partial charge < -0.3 is 10.1 Å². The Labute approximate surface area is 131 Å². The Balaban J connectivity index is 1.97. The largest absolute Gasteiger partial charge is 0.444 e. The van der Waals surface area contributed by atoms with Crippen LogP contribution in [0.15, 0.2) is 18.2 Å². The van der Waals surface area contributed by atoms with E-state index in [9.17, 15) is 25.0 Å². The number of carbonyl (C=O) groups is 1. The summed E-state index contributed by atoms with van der Waals surface area (Å²) in [6.45, 7) is -0.313. The SMILES string of the molecule is O=C(NC1CCCCC1)OCc1ccc([N+](=O)[O-])cc1[N+](=O)[O-]. The van der Waals surface area contributed by atoms with Crippen molar-refractivity contribution in [3.05, 3.63) is 44.0 Å². The number of rotatable bonds is 5. The zero-order valence-electron chi connectivity index (χ0n) is 12.4. The molecule has 0 unspecified atom stereocenters. The molecule has 1 aliphatic carbocycles. The van der Waals surface area contributed by atoms with E-state index in [4.69, 9.17) is 4.74 Å². The van der Waals surface area contributed by atoms with Crippen molar-refractivity contribution in [3.8, 4) is 0 Å². The molecule has 1 fully saturated rings. The average molecular weight is 323 g/mol. The molecule has 0 radical (unpaired) electrons. The van der Waals surface area contributed by atoms with Crippen molar-refractivity contribution in [3.63, 3.8) is 0 Å². The number of amides is 1. The van der Waals surface area contributed by atoms with E-state index < -0.39 is 21.6 Å². The number of nitro benzene ring substituents is 2. The van der Waals surface area contributed by atoms with E-state index in [1.807, 2.05) is 0 Å². The lowest BCUT2D eigenvalue weighted by molar-refractivity contribution is -0.394. The van der Waals surface area contributed by atoms with Gasteiger partial charge in [-0.1, -0.05) is 19.3 Å². The maximum Gasteiger partial charge on any atom is 0.407 e. The molecule has 0 heterocycles. The Kier molecular flexibility index (Phi) is 5.45. The van der Waals surface area contributed by atoms with Gasteiger partial charge in [-0.15, -0.1) is 0 Å². The Morgan fingerprint density at radius 1 is 1.17 bits per heavy atom. The second kappa shape index (κ2) is 7.52. The molecule has 1 aliphatic rings. The van der Waals surface area contributed by atoms with Gasteiger partial charge in [0.25, 0.3) is 11.4 Å². The van der Waals surface area contributed by atoms with Crippen LogP contribution in [0.4, 0.5) is 16.2 Å². The first kappa shape index (κ1) is 16.7. The molecule has 23 heavy (non-hydrogen) atoms. The first-order valence-electron chi connectivity index (χ1n) is 7.32. The van der Waals surface area contributed by atoms with Crippen molar-refractivity contribution in [2.75, 3.05) is 0 Å². The van der Waals surface area contributed by atoms with Gasteiger partial charge in [0.15, 0.2) is 0 Å². The Morgan fingerprint density at radius 2 is 1.87 bits per heavy atom. The Bertz CT molecular complexity index is 613. The molecule has 2 rings (SSSR count). The molecule has 1 saturated carbocycles. The first-order valence-corrected chi connectivity index (χ1v) is 7.32. The fourth-order valence-corrected chi connectivity index (χ4v) is 2.56. The topological polar surface area (TPSA) is 125 Å². The lowest BCUT2D eigenvalue weighted by Crippen LogP contribution is -2.36. The molecular formula is C14H17N3O6. The highest BCUT2D eigenvalue weighted by Gasteiger charge is 2.21. The fraction of sp³-hybridized carbons (Fsp3) is 0.500. The summed E-state index contributed by atoms with van der Waals surface area (Å²) in [5, 5.41) is 24.4. The molecule has 0 aliphatic heterocycles. The maximum atomic E-state index is 11.7. The molecule has 0 aromatic heterocycles. The van der Waals surface area contributed by atoms with Crippen LogP contribution < -0.4 is 5.32 Å². The van der Waals surface area contributed by atoms with Crippen LogP contribution in [0.3, 0.4) is 0 Å². The second-order valence-corrected chi connectivity index (χ2v) is 5.38. The second-order valence-electron chi connectivity index (χ2n) is 5.38. The van der Waals surface area contributed by atoms with Crippen LogP contribution >= 0.6 is 0 Å². The van der Waals surface area contributed by atoms with Gasteiger partial charge in [-0.2, -0.15) is 0 Å². The summed E-state index contributed by atoms with van der Waals surface area (Å²) < 4.78 is 5.00. The van der Waals surface area contributed by atoms with Crippen LogP contribution in [0.1, 0.15) is 37.7 Å². The number of nitrogens with one attached hydrogen (secondary N) is 1. The van der Waals surface area contributed by atoms with Crippen molar-refractivity contribution < 1.29 is 19.4 Å². The maximum absolute atomic E-state index is 11.7. The monoisotopic (exact) mass is 323 g/mol. The summed E-state index contributed by atoms with van der Waals surface area (Å²) >= 11 is 0. The molecule has 0 saturated heterocycles. The van der Waals surface area contributed by atoms with E-state index in [0.29, 0.717) is 0 Å². The highest BCUT2D eigenvalue weighted by atomic mass is 16.6. The van der Waals surface area contributed by atoms with Gasteiger partial charge in [-0.25, -0.2) is 4.79 Å². The van der Waals surface area contributed by atoms with E-state index in [1.165, 1.54) is 6.07 Å². The number of nitro groups is 2. The highest BCUT2D eigenvalue weighted by Crippen LogP contribution is 2.25. The standard InChI is InChI=1S/C14H17N3O6/c18-14(15-11-4-2-1-3-5-11)23-9-10-6-7-12(16(19)20)8-13(10)17(21)22/h6-8,11H,1-5,9H2,(H,15,18). The molecule has 9 heteroatoms. The van der Waals surface area contributed by atoms with Crippen molar-refractivity contribution >= 4 is 17.5 Å². The van der Waals surface area contributed by atoms with E-state index in [-0.39, 0.29) is 23.9 Å². The van der Waals surface area contributed by atoms with Crippen LogP contribution in [0.25, 0.3) is 0 Å². The number of nitrogens with zero attached hydrogens (tertiary/aromatic N) is 2. The summed E-state index contributed by atoms with van der Waals surface area (Å²) in [6.07, 6.45) is 4.42. The van der Waals surface area contributed by atoms with E-state index in [2.05, 4.69) is 5.32 Å². The summed E-state index contributed by atoms with van der Waals surface area (Å²) in [4.78, 5) is 31.9. The predicted octanol–water partition coefficient (Wildman–Crippen LogP) is 3.06. The number of ether oxygens (including phenoxy) is 1. The minimum Gasteiger partial charge on any atom is -0.444 e. The number of non-ortho nitro benzene ring substituents is 1. The quantitative estimate of drug-likeness (QED) is 0.655. The Morgan fingerprint density at radius 3 is 2.48 bits per heavy atom. The van der Waals surface area contributed by atoms with Gasteiger partial charge in [0, 0.05) is 12.1 Å². The summed E-state index contributed by atoms with van der Waals surface area (Å²) in [7, 11) is 0. The normalized spacial score (nSPS) is 15.0. The number of alkyl carbamates (subject to hydrolysis) is 1. The van der Waals surface area contributed by atoms with E-state index >= 15 is 0 Å². The Hall–Kier alpha value is -2.71. The number of carbonyl (C=O) groups excluding carboxylic acids is 1. The van der Waals surface area contributed by atoms with Crippen molar-refractivity contribution in [2.45, 2.75) is 44.8 Å². The van der Waals surface area contributed by atoms with Crippen LogP contribution in [-0.4, -0.2) is 22.0 Å². The predicted molar refractivity (Wildman–Crippen MR) is 79.9 cm³/mol. The average Bonchev–Trinajstić information content (AvgIpc) is 2.53. The van der Waals surface area contributed by atoms with Crippen molar-refractivity contribution in [1.82, 2.24) is 5.32 Å². The zero-order chi connectivity index (χ0) is 16.8. The van der Waals surface area contributed by atoms with E-state index in [1.54, 1.807) is 0 Å². The third-order valence-electron chi connectivity index (χ3n) is 3.76. The molecule has 1 amide bonds. The molecule has 1 aromatic rings. The fourth-order valence-electron chi connectivity index (χ4n) is 2.56. The summed E-state index contributed by atoms with van der Waals surface area (Å²) in [5.74, 6) is 0. The molecular weight excluding hydrogens is 306 g/mol. The zero-order valence-corrected chi connectivity index (χ0v) is 12.4. The van der Waals surface area contributed by atoms with Gasteiger partial charge in [0.1, 0.15) is 6.61 Å². The first-order chi connectivity index (χ1) is 11.0. The third kappa shape index (κ3) is 4.63. The highest BCUT2D eigenvalue weighted by molar-refractivity contribution is 5.67. The van der Waals surface area contributed by atoms with Gasteiger partial charge in [0.2, 0.25) is 0 Å². The molecule has 1 N–H and O–H groups in total. The molecule has 0 atom stereocenters. The third-order valence-corrected chi connectivity index (χ3v) is 3.76. The number of hydrogen-bond donors (Lipinski definition) is 1. The van der Waals surface area contributed by atoms with Crippen molar-refractivity contribution in [2.24, 2.45) is 0 Å².